The smallest absolute Gasteiger partial charge is 0.319 e. The summed E-state index contributed by atoms with van der Waals surface area (Å²) >= 11 is 1.85. The maximum atomic E-state index is 11.9. The third-order valence-corrected chi connectivity index (χ3v) is 4.76. The lowest BCUT2D eigenvalue weighted by Gasteiger charge is -2.12. The lowest BCUT2D eigenvalue weighted by Crippen LogP contribution is -2.29. The number of carbonyl (C=O) groups excluding carboxylic acids is 2. The van der Waals surface area contributed by atoms with Gasteiger partial charge in [0.05, 0.1) is 28.6 Å². The van der Waals surface area contributed by atoms with Gasteiger partial charge in [-0.15, -0.1) is 0 Å². The van der Waals surface area contributed by atoms with Crippen molar-refractivity contribution in [1.29, 1.82) is 0 Å². The van der Waals surface area contributed by atoms with Crippen LogP contribution in [-0.4, -0.2) is 22.2 Å². The highest BCUT2D eigenvalue weighted by molar-refractivity contribution is 14.1. The molecule has 0 bridgehead atoms. The van der Waals surface area contributed by atoms with Crippen molar-refractivity contribution in [3.8, 4) is 0 Å². The van der Waals surface area contributed by atoms with E-state index in [1.54, 1.807) is 24.3 Å². The minimum atomic E-state index is -0.185. The first-order chi connectivity index (χ1) is 13.2. The number of nitrogens with one attached hydrogen (secondary N) is 3. The topological polar surface area (TPSA) is 73.5 Å². The van der Waals surface area contributed by atoms with E-state index in [0.29, 0.717) is 18.6 Å². The molecule has 0 aliphatic rings. The number of rotatable bonds is 15. The third-order valence-electron chi connectivity index (χ3n) is 4.29. The van der Waals surface area contributed by atoms with Crippen LogP contribution in [0.2, 0.25) is 0 Å². The first-order valence-electron chi connectivity index (χ1n) is 9.97. The highest BCUT2D eigenvalue weighted by Crippen LogP contribution is 2.15. The lowest BCUT2D eigenvalue weighted by atomic mass is 10.1. The van der Waals surface area contributed by atoms with E-state index in [9.17, 15) is 9.59 Å². The van der Waals surface area contributed by atoms with Crippen LogP contribution >= 0.6 is 22.9 Å². The van der Waals surface area contributed by atoms with Gasteiger partial charge in [0.1, 0.15) is 0 Å². The molecule has 0 unspecified atom stereocenters. The zero-order valence-electron chi connectivity index (χ0n) is 16.3. The van der Waals surface area contributed by atoms with Crippen molar-refractivity contribution in [2.75, 3.05) is 17.3 Å². The molecule has 27 heavy (non-hydrogen) atoms. The van der Waals surface area contributed by atoms with E-state index in [1.165, 1.54) is 61.0 Å². The zero-order valence-corrected chi connectivity index (χ0v) is 18.5. The fourth-order valence-electron chi connectivity index (χ4n) is 2.77. The molecule has 0 spiro atoms. The molecule has 3 N–H and O–H groups in total. The summed E-state index contributed by atoms with van der Waals surface area (Å²) in [6, 6.07) is 6.99. The predicted octanol–water partition coefficient (Wildman–Crippen LogP) is 5.86. The van der Waals surface area contributed by atoms with Gasteiger partial charge in [0.2, 0.25) is 6.41 Å². The fraction of sp³-hybridized carbons (Fsp3) is 0.600. The molecule has 152 valence electrons. The molecule has 0 saturated heterocycles. The van der Waals surface area contributed by atoms with Crippen molar-refractivity contribution < 1.29 is 9.59 Å². The lowest BCUT2D eigenvalue weighted by molar-refractivity contribution is -0.112. The van der Waals surface area contributed by atoms with Gasteiger partial charge < -0.3 is 10.6 Å². The van der Waals surface area contributed by atoms with E-state index < -0.39 is 0 Å². The van der Waals surface area contributed by atoms with Gasteiger partial charge in [-0.05, 0) is 30.7 Å². The Kier molecular flexibility index (Phi) is 13.5. The van der Waals surface area contributed by atoms with Gasteiger partial charge in [-0.2, -0.15) is 3.22 Å². The maximum Gasteiger partial charge on any atom is 0.319 e. The molecule has 3 amide bonds. The summed E-state index contributed by atoms with van der Waals surface area (Å²) in [4.78, 5) is 22.4. The maximum absolute atomic E-state index is 11.9. The van der Waals surface area contributed by atoms with E-state index in [1.807, 2.05) is 22.9 Å². The summed E-state index contributed by atoms with van der Waals surface area (Å²) < 4.78 is 1.29. The Morgan fingerprint density at radius 1 is 0.926 bits per heavy atom. The number of amides is 3. The van der Waals surface area contributed by atoms with Crippen molar-refractivity contribution in [3.63, 3.8) is 0 Å². The highest BCUT2D eigenvalue weighted by Gasteiger charge is 2.02. The molecule has 1 aromatic rings. The van der Waals surface area contributed by atoms with Crippen LogP contribution in [0.15, 0.2) is 24.3 Å². The number of nitrogens with zero attached hydrogens (tertiary/aromatic N) is 1. The van der Waals surface area contributed by atoms with Crippen molar-refractivity contribution >= 4 is 46.7 Å². The second-order valence-corrected chi connectivity index (χ2v) is 7.71. The molecule has 6 nitrogen and oxygen atoms in total. The van der Waals surface area contributed by atoms with E-state index in [4.69, 9.17) is 0 Å². The zero-order chi connectivity index (χ0) is 19.7. The number of hydrogen-bond donors (Lipinski definition) is 3. The molecule has 0 atom stereocenters. The molecule has 0 aliphatic carbocycles. The molecule has 7 heteroatoms. The Balaban J connectivity index is 2.03. The fourth-order valence-corrected chi connectivity index (χ4v) is 3.05. The van der Waals surface area contributed by atoms with Crippen molar-refractivity contribution in [2.45, 2.75) is 71.1 Å². The second-order valence-electron chi connectivity index (χ2n) is 6.67. The monoisotopic (exact) mass is 488 g/mol. The summed E-state index contributed by atoms with van der Waals surface area (Å²) in [6.07, 6.45) is 13.5. The van der Waals surface area contributed by atoms with Gasteiger partial charge in [-0.25, -0.2) is 4.79 Å². The largest absolute Gasteiger partial charge is 0.338 e. The quantitative estimate of drug-likeness (QED) is 0.0952. The molecule has 0 aliphatic heterocycles. The number of hydrazine groups is 1. The second kappa shape index (κ2) is 15.5. The van der Waals surface area contributed by atoms with E-state index >= 15 is 0 Å². The number of urea groups is 1. The minimum absolute atomic E-state index is 0.185. The molecule has 0 radical (unpaired) electrons. The first-order valence-corrected chi connectivity index (χ1v) is 10.9. The van der Waals surface area contributed by atoms with Gasteiger partial charge in [0.15, 0.2) is 0 Å². The normalized spacial score (nSPS) is 10.3. The minimum Gasteiger partial charge on any atom is -0.338 e. The van der Waals surface area contributed by atoms with Crippen LogP contribution in [-0.2, 0) is 4.79 Å². The average Bonchev–Trinajstić information content (AvgIpc) is 2.67. The van der Waals surface area contributed by atoms with E-state index in [0.717, 1.165) is 12.1 Å². The Morgan fingerprint density at radius 3 is 2.00 bits per heavy atom. The SMILES string of the molecule is CCCCCCCCCCCCNC(=O)Nc1ccc(NN(I)C=O)cc1. The summed E-state index contributed by atoms with van der Waals surface area (Å²) in [5.74, 6) is 0. The number of carbonyl (C=O) groups is 2. The van der Waals surface area contributed by atoms with Gasteiger partial charge >= 0.3 is 6.03 Å². The van der Waals surface area contributed by atoms with Crippen LogP contribution in [0, 0.1) is 0 Å². The number of benzene rings is 1. The van der Waals surface area contributed by atoms with Crippen LogP contribution in [0.3, 0.4) is 0 Å². The Morgan fingerprint density at radius 2 is 1.44 bits per heavy atom. The van der Waals surface area contributed by atoms with E-state index in [2.05, 4.69) is 23.0 Å². The van der Waals surface area contributed by atoms with Crippen LogP contribution in [0.4, 0.5) is 16.2 Å². The number of halogens is 1. The van der Waals surface area contributed by atoms with Crippen LogP contribution < -0.4 is 16.1 Å². The molecule has 0 saturated carbocycles. The Labute approximate surface area is 177 Å². The predicted molar refractivity (Wildman–Crippen MR) is 121 cm³/mol. The Hall–Kier alpha value is -1.51. The van der Waals surface area contributed by atoms with Gasteiger partial charge in [-0.3, -0.25) is 10.2 Å². The molecule has 0 fully saturated rings. The average molecular weight is 488 g/mol. The summed E-state index contributed by atoms with van der Waals surface area (Å²) in [5.41, 5.74) is 4.36. The summed E-state index contributed by atoms with van der Waals surface area (Å²) in [7, 11) is 0. The molecule has 0 aromatic heterocycles. The Bertz CT molecular complexity index is 525. The molecular formula is C20H33IN4O2. The van der Waals surface area contributed by atoms with Crippen molar-refractivity contribution in [1.82, 2.24) is 8.54 Å². The third kappa shape index (κ3) is 12.5. The van der Waals surface area contributed by atoms with E-state index in [-0.39, 0.29) is 6.03 Å². The van der Waals surface area contributed by atoms with Crippen LogP contribution in [0.5, 0.6) is 0 Å². The van der Waals surface area contributed by atoms with Crippen LogP contribution in [0.1, 0.15) is 71.1 Å². The molecule has 1 rings (SSSR count). The van der Waals surface area contributed by atoms with Crippen molar-refractivity contribution in [3.05, 3.63) is 24.3 Å². The molecular weight excluding hydrogens is 455 g/mol. The van der Waals surface area contributed by atoms with Gasteiger partial charge in [0, 0.05) is 12.2 Å². The van der Waals surface area contributed by atoms with Gasteiger partial charge in [0.25, 0.3) is 0 Å². The van der Waals surface area contributed by atoms with Gasteiger partial charge in [-0.1, -0.05) is 64.7 Å². The summed E-state index contributed by atoms with van der Waals surface area (Å²) in [6.45, 7) is 2.95. The number of unbranched alkanes of at least 4 members (excludes halogenated alkanes) is 9. The molecule has 0 heterocycles. The van der Waals surface area contributed by atoms with Crippen LogP contribution in [0.25, 0.3) is 0 Å². The molecule has 1 aromatic carbocycles. The standard InChI is InChI=1S/C20H33IN4O2/c1-2-3-4-5-6-7-8-9-10-11-16-22-20(27)23-18-12-14-19(15-13-18)24-25(21)17-26/h12-15,17,24H,2-11,16H2,1H3,(H2,22,23,27). The first kappa shape index (κ1) is 23.5. The highest BCUT2D eigenvalue weighted by atomic mass is 127. The number of hydrogen-bond acceptors (Lipinski definition) is 3. The van der Waals surface area contributed by atoms with Crippen molar-refractivity contribution in [2.24, 2.45) is 0 Å². The number of anilines is 2. The summed E-state index contributed by atoms with van der Waals surface area (Å²) in [5, 5.41) is 5.70.